The number of nitrogens with zero attached hydrogens (tertiary/aromatic N) is 2. The lowest BCUT2D eigenvalue weighted by Gasteiger charge is -2.27. The van der Waals surface area contributed by atoms with Gasteiger partial charge in [-0.1, -0.05) is 30.9 Å². The van der Waals surface area contributed by atoms with Crippen LogP contribution in [0, 0.1) is 5.92 Å². The summed E-state index contributed by atoms with van der Waals surface area (Å²) in [5.41, 5.74) is 3.28. The molecule has 0 aromatic rings. The zero-order valence-electron chi connectivity index (χ0n) is 14.5. The Balaban J connectivity index is 2.58. The number of allylic oxidation sites excluding steroid dienone is 4. The first-order valence-electron chi connectivity index (χ1n) is 7.95. The molecule has 2 atom stereocenters. The first kappa shape index (κ1) is 19.1. The number of hydrogen-bond acceptors (Lipinski definition) is 4. The molecule has 126 valence electrons. The minimum atomic E-state index is -0.142. The molecule has 1 rings (SSSR count). The lowest BCUT2D eigenvalue weighted by molar-refractivity contribution is -0.108. The van der Waals surface area contributed by atoms with E-state index < -0.39 is 0 Å². The number of carbonyl (C=O) groups is 1. The summed E-state index contributed by atoms with van der Waals surface area (Å²) in [6, 6.07) is 0. The van der Waals surface area contributed by atoms with E-state index in [1.807, 2.05) is 38.3 Å². The highest BCUT2D eigenvalue weighted by atomic mass is 16.5. The lowest BCUT2D eigenvalue weighted by atomic mass is 10.1. The average molecular weight is 316 g/mol. The fraction of sp³-hybridized carbons (Fsp3) is 0.474. The largest absolute Gasteiger partial charge is 0.372 e. The van der Waals surface area contributed by atoms with Crippen molar-refractivity contribution in [1.29, 1.82) is 0 Å². The van der Waals surface area contributed by atoms with E-state index in [0.717, 1.165) is 37.1 Å². The third-order valence-electron chi connectivity index (χ3n) is 3.95. The van der Waals surface area contributed by atoms with Gasteiger partial charge in [0.1, 0.15) is 6.29 Å². The van der Waals surface area contributed by atoms with Gasteiger partial charge < -0.3 is 19.4 Å². The normalized spacial score (nSPS) is 18.5. The van der Waals surface area contributed by atoms with E-state index in [9.17, 15) is 4.79 Å². The summed E-state index contributed by atoms with van der Waals surface area (Å²) < 4.78 is 5.78. The van der Waals surface area contributed by atoms with E-state index in [1.54, 1.807) is 0 Å². The summed E-state index contributed by atoms with van der Waals surface area (Å²) in [5, 5.41) is 0. The maximum atomic E-state index is 10.9. The number of likely N-dealkylation sites (N-methyl/N-ethyl adjacent to an activating group) is 1. The Hall–Kier alpha value is -1.94. The summed E-state index contributed by atoms with van der Waals surface area (Å²) in [4.78, 5) is 16.8. The van der Waals surface area contributed by atoms with Crippen LogP contribution in [-0.2, 0) is 9.53 Å². The van der Waals surface area contributed by atoms with Crippen LogP contribution in [-0.4, -0.2) is 50.8 Å². The van der Waals surface area contributed by atoms with Crippen LogP contribution in [0.5, 0.6) is 0 Å². The minimum absolute atomic E-state index is 0.0428. The fourth-order valence-electron chi connectivity index (χ4n) is 2.25. The standard InChI is InChI=1S/C19H28N2O2/c1-15-7-8-18(14-22)9-10-19(15)13-21(5)16(2)17(3)23-12-6-11-20-4/h7-10,14,17-18H,2,4,6,11-13H2,1,3,5H3. The highest BCUT2D eigenvalue weighted by Crippen LogP contribution is 2.18. The van der Waals surface area contributed by atoms with Gasteiger partial charge in [-0.2, -0.15) is 0 Å². The number of hydrogen-bond donors (Lipinski definition) is 0. The molecule has 4 nitrogen and oxygen atoms in total. The number of ether oxygens (including phenoxy) is 1. The molecule has 2 unspecified atom stereocenters. The van der Waals surface area contributed by atoms with Crippen molar-refractivity contribution in [2.75, 3.05) is 26.7 Å². The molecule has 0 N–H and O–H groups in total. The van der Waals surface area contributed by atoms with Crippen molar-refractivity contribution in [2.45, 2.75) is 26.4 Å². The highest BCUT2D eigenvalue weighted by Gasteiger charge is 2.14. The highest BCUT2D eigenvalue weighted by molar-refractivity contribution is 5.61. The first-order valence-corrected chi connectivity index (χ1v) is 7.95. The Kier molecular flexibility index (Phi) is 8.27. The van der Waals surface area contributed by atoms with Gasteiger partial charge in [-0.15, -0.1) is 0 Å². The van der Waals surface area contributed by atoms with Crippen LogP contribution in [0.4, 0.5) is 0 Å². The summed E-state index contributed by atoms with van der Waals surface area (Å²) >= 11 is 0. The number of aliphatic imine (C=N–C) groups is 1. The summed E-state index contributed by atoms with van der Waals surface area (Å²) in [7, 11) is 2.01. The van der Waals surface area contributed by atoms with Gasteiger partial charge in [0.15, 0.2) is 0 Å². The van der Waals surface area contributed by atoms with Crippen molar-refractivity contribution in [3.05, 3.63) is 47.7 Å². The van der Waals surface area contributed by atoms with Crippen molar-refractivity contribution in [3.63, 3.8) is 0 Å². The average Bonchev–Trinajstić information content (AvgIpc) is 2.72. The fourth-order valence-corrected chi connectivity index (χ4v) is 2.25. The second-order valence-electron chi connectivity index (χ2n) is 5.80. The summed E-state index contributed by atoms with van der Waals surface area (Å²) in [5.74, 6) is -0.142. The van der Waals surface area contributed by atoms with Crippen molar-refractivity contribution in [2.24, 2.45) is 10.9 Å². The van der Waals surface area contributed by atoms with E-state index in [1.165, 1.54) is 5.57 Å². The Morgan fingerprint density at radius 1 is 1.48 bits per heavy atom. The monoisotopic (exact) mass is 316 g/mol. The molecule has 0 heterocycles. The van der Waals surface area contributed by atoms with Crippen LogP contribution < -0.4 is 0 Å². The zero-order valence-corrected chi connectivity index (χ0v) is 14.5. The predicted octanol–water partition coefficient (Wildman–Crippen LogP) is 3.19. The van der Waals surface area contributed by atoms with Gasteiger partial charge in [0, 0.05) is 32.4 Å². The SMILES string of the molecule is C=NCCCOC(C)C(=C)N(C)CC1=C(C)C=CC(C=O)C=C1. The maximum Gasteiger partial charge on any atom is 0.130 e. The lowest BCUT2D eigenvalue weighted by Crippen LogP contribution is -2.28. The minimum Gasteiger partial charge on any atom is -0.372 e. The number of aldehydes is 1. The summed E-state index contributed by atoms with van der Waals surface area (Å²) in [6.45, 7) is 13.8. The van der Waals surface area contributed by atoms with Gasteiger partial charge in [0.25, 0.3) is 0 Å². The van der Waals surface area contributed by atoms with E-state index in [-0.39, 0.29) is 12.0 Å². The molecule has 4 heteroatoms. The molecule has 0 radical (unpaired) electrons. The maximum absolute atomic E-state index is 10.9. The quantitative estimate of drug-likeness (QED) is 0.353. The van der Waals surface area contributed by atoms with Gasteiger partial charge in [0.2, 0.25) is 0 Å². The predicted molar refractivity (Wildman–Crippen MR) is 96.8 cm³/mol. The van der Waals surface area contributed by atoms with E-state index in [4.69, 9.17) is 4.74 Å². The van der Waals surface area contributed by atoms with E-state index >= 15 is 0 Å². The molecule has 23 heavy (non-hydrogen) atoms. The molecule has 0 bridgehead atoms. The van der Waals surface area contributed by atoms with Crippen LogP contribution in [0.25, 0.3) is 0 Å². The molecule has 0 aromatic heterocycles. The van der Waals surface area contributed by atoms with Gasteiger partial charge in [-0.05, 0) is 38.1 Å². The molecule has 0 aromatic carbocycles. The first-order chi connectivity index (χ1) is 11.0. The van der Waals surface area contributed by atoms with Crippen molar-refractivity contribution in [1.82, 2.24) is 4.90 Å². The van der Waals surface area contributed by atoms with Crippen LogP contribution in [0.15, 0.2) is 52.7 Å². The topological polar surface area (TPSA) is 41.9 Å². The molecule has 0 spiro atoms. The molecule has 0 amide bonds. The van der Waals surface area contributed by atoms with Crippen LogP contribution in [0.3, 0.4) is 0 Å². The molecule has 0 saturated carbocycles. The van der Waals surface area contributed by atoms with Crippen LogP contribution in [0.1, 0.15) is 20.3 Å². The molecular weight excluding hydrogens is 288 g/mol. The Morgan fingerprint density at radius 3 is 2.83 bits per heavy atom. The van der Waals surface area contributed by atoms with Crippen molar-refractivity contribution in [3.8, 4) is 0 Å². The van der Waals surface area contributed by atoms with Crippen LogP contribution >= 0.6 is 0 Å². The Labute approximate surface area is 139 Å². The molecule has 0 saturated heterocycles. The van der Waals surface area contributed by atoms with Crippen LogP contribution in [0.2, 0.25) is 0 Å². The van der Waals surface area contributed by atoms with E-state index in [2.05, 4.69) is 30.1 Å². The third-order valence-corrected chi connectivity index (χ3v) is 3.95. The van der Waals surface area contributed by atoms with Gasteiger partial charge in [-0.3, -0.25) is 0 Å². The molecule has 1 aliphatic rings. The molecule has 0 fully saturated rings. The van der Waals surface area contributed by atoms with Gasteiger partial charge >= 0.3 is 0 Å². The second-order valence-corrected chi connectivity index (χ2v) is 5.80. The number of rotatable bonds is 10. The second kappa shape index (κ2) is 9.95. The van der Waals surface area contributed by atoms with Crippen molar-refractivity contribution < 1.29 is 9.53 Å². The zero-order chi connectivity index (χ0) is 17.2. The van der Waals surface area contributed by atoms with Gasteiger partial charge in [-0.25, -0.2) is 0 Å². The van der Waals surface area contributed by atoms with Crippen molar-refractivity contribution >= 4 is 13.0 Å². The molecule has 0 aliphatic heterocycles. The van der Waals surface area contributed by atoms with E-state index in [0.29, 0.717) is 6.61 Å². The Morgan fingerprint density at radius 2 is 2.17 bits per heavy atom. The Bertz CT molecular complexity index is 517. The smallest absolute Gasteiger partial charge is 0.130 e. The summed E-state index contributed by atoms with van der Waals surface area (Å²) in [6.07, 6.45) is 9.65. The molecule has 1 aliphatic carbocycles. The number of carbonyl (C=O) groups excluding carboxylic acids is 1. The third kappa shape index (κ3) is 6.37. The molecular formula is C19H28N2O2. The van der Waals surface area contributed by atoms with Gasteiger partial charge in [0.05, 0.1) is 12.0 Å².